The van der Waals surface area contributed by atoms with Crippen molar-refractivity contribution in [2.45, 2.75) is 57.0 Å². The number of nitrogens with zero attached hydrogens (tertiary/aromatic N) is 1. The summed E-state index contributed by atoms with van der Waals surface area (Å²) in [5.74, 6) is -4.24. The number of hydrogen-bond donors (Lipinski definition) is 1. The molecule has 1 amide bonds. The minimum absolute atomic E-state index is 0.130. The number of likely N-dealkylation sites (tertiary alicyclic amines) is 1. The largest absolute Gasteiger partial charge is 0.492 e. The lowest BCUT2D eigenvalue weighted by Gasteiger charge is -2.35. The maximum Gasteiger partial charge on any atom is 0.251 e. The van der Waals surface area contributed by atoms with Gasteiger partial charge in [-0.25, -0.2) is 17.6 Å². The Hall–Kier alpha value is -4.54. The van der Waals surface area contributed by atoms with Crippen LogP contribution in [0.15, 0.2) is 89.3 Å². The summed E-state index contributed by atoms with van der Waals surface area (Å²) in [5.41, 5.74) is 1.46. The van der Waals surface area contributed by atoms with Gasteiger partial charge in [-0.1, -0.05) is 24.6 Å². The van der Waals surface area contributed by atoms with Crippen LogP contribution in [-0.4, -0.2) is 48.4 Å². The number of carbonyl (C=O) groups excluding carboxylic acids is 2. The van der Waals surface area contributed by atoms with E-state index in [9.17, 15) is 27.2 Å². The van der Waals surface area contributed by atoms with Crippen LogP contribution in [0.2, 0.25) is 0 Å². The van der Waals surface area contributed by atoms with E-state index in [1.165, 1.54) is 48.4 Å². The SMILES string of the molecule is O=C1/C(=C/c2ccc(F)c(F)c2)CC(NC(=O)c2ccc(OCCN3CCCCC3CCc3cccs3)cc2)C/C1=C\c1ccc(F)c(F)c1. The molecule has 3 aromatic carbocycles. The number of benzene rings is 3. The van der Waals surface area contributed by atoms with Crippen LogP contribution in [0, 0.1) is 23.3 Å². The van der Waals surface area contributed by atoms with Gasteiger partial charge in [0, 0.05) is 40.2 Å². The topological polar surface area (TPSA) is 58.6 Å². The molecule has 0 radical (unpaired) electrons. The molecule has 1 unspecified atom stereocenters. The highest BCUT2D eigenvalue weighted by molar-refractivity contribution is 7.09. The van der Waals surface area contributed by atoms with Gasteiger partial charge in [0.05, 0.1) is 0 Å². The first kappa shape index (κ1) is 35.3. The van der Waals surface area contributed by atoms with Crippen LogP contribution in [0.1, 0.15) is 64.9 Å². The molecule has 2 fully saturated rings. The molecule has 1 N–H and O–H groups in total. The summed E-state index contributed by atoms with van der Waals surface area (Å²) in [7, 11) is 0. The molecule has 0 spiro atoms. The second-order valence-electron chi connectivity index (χ2n) is 12.8. The Kier molecular flexibility index (Phi) is 11.6. The van der Waals surface area contributed by atoms with Crippen LogP contribution in [0.5, 0.6) is 5.75 Å². The molecule has 2 aliphatic rings. The lowest BCUT2D eigenvalue weighted by molar-refractivity contribution is -0.113. The number of carbonyl (C=O) groups is 2. The molecule has 1 atom stereocenters. The van der Waals surface area contributed by atoms with E-state index in [2.05, 4.69) is 27.7 Å². The second kappa shape index (κ2) is 16.4. The van der Waals surface area contributed by atoms with E-state index in [0.717, 1.165) is 50.2 Å². The second-order valence-corrected chi connectivity index (χ2v) is 13.8. The average Bonchev–Trinajstić information content (AvgIpc) is 3.64. The average molecular weight is 703 g/mol. The highest BCUT2D eigenvalue weighted by atomic mass is 32.1. The van der Waals surface area contributed by atoms with E-state index in [4.69, 9.17) is 4.74 Å². The number of ketones is 1. The summed E-state index contributed by atoms with van der Waals surface area (Å²) in [6, 6.07) is 17.8. The van der Waals surface area contributed by atoms with Crippen LogP contribution in [0.3, 0.4) is 0 Å². The lowest BCUT2D eigenvalue weighted by atomic mass is 9.83. The highest BCUT2D eigenvalue weighted by Gasteiger charge is 2.29. The molecule has 1 aliphatic heterocycles. The zero-order valence-electron chi connectivity index (χ0n) is 27.5. The van der Waals surface area contributed by atoms with Crippen LogP contribution in [-0.2, 0) is 11.2 Å². The van der Waals surface area contributed by atoms with Gasteiger partial charge >= 0.3 is 0 Å². The molecule has 10 heteroatoms. The third-order valence-electron chi connectivity index (χ3n) is 9.24. The molecule has 260 valence electrons. The first-order valence-electron chi connectivity index (χ1n) is 16.9. The standard InChI is InChI=1S/C40H38F4N2O3S/c41-35-14-6-26(22-37(35)43)20-29-24-31(25-30(39(29)47)21-27-7-15-36(42)38(44)23-27)45-40(48)28-8-11-33(12-9-28)49-18-17-46-16-2-1-4-32(46)10-13-34-5-3-19-50-34/h3,5-9,11-12,14-15,19-23,31-32H,1-2,4,10,13,16-18,24-25H2,(H,45,48)/b29-20+,30-21+. The van der Waals surface area contributed by atoms with Crippen molar-refractivity contribution in [3.05, 3.63) is 134 Å². The van der Waals surface area contributed by atoms with E-state index >= 15 is 0 Å². The number of nitrogens with one attached hydrogen (secondary N) is 1. The van der Waals surface area contributed by atoms with E-state index in [1.807, 2.05) is 11.3 Å². The molecule has 0 bridgehead atoms. The van der Waals surface area contributed by atoms with Gasteiger partial charge in [0.1, 0.15) is 12.4 Å². The maximum absolute atomic E-state index is 13.9. The molecule has 2 heterocycles. The number of rotatable bonds is 11. The first-order chi connectivity index (χ1) is 24.2. The van der Waals surface area contributed by atoms with Crippen molar-refractivity contribution in [3.63, 3.8) is 0 Å². The molecule has 6 rings (SSSR count). The third kappa shape index (κ3) is 9.17. The van der Waals surface area contributed by atoms with E-state index in [0.29, 0.717) is 24.0 Å². The van der Waals surface area contributed by atoms with Gasteiger partial charge in [0.2, 0.25) is 0 Å². The monoisotopic (exact) mass is 702 g/mol. The van der Waals surface area contributed by atoms with E-state index in [1.54, 1.807) is 24.3 Å². The highest BCUT2D eigenvalue weighted by Crippen LogP contribution is 2.30. The summed E-state index contributed by atoms with van der Waals surface area (Å²) >= 11 is 1.81. The Morgan fingerprint density at radius 3 is 2.12 bits per heavy atom. The van der Waals surface area contributed by atoms with Gasteiger partial charge < -0.3 is 10.1 Å². The van der Waals surface area contributed by atoms with Crippen molar-refractivity contribution >= 4 is 35.2 Å². The van der Waals surface area contributed by atoms with Crippen LogP contribution >= 0.6 is 11.3 Å². The van der Waals surface area contributed by atoms with Crippen molar-refractivity contribution < 1.29 is 31.9 Å². The maximum atomic E-state index is 13.9. The molecule has 1 saturated carbocycles. The minimum atomic E-state index is -1.06. The number of thiophene rings is 1. The molecule has 1 saturated heterocycles. The van der Waals surface area contributed by atoms with Crippen molar-refractivity contribution in [1.29, 1.82) is 0 Å². The normalized spacial score (nSPS) is 20.0. The smallest absolute Gasteiger partial charge is 0.251 e. The molecule has 1 aliphatic carbocycles. The van der Waals surface area contributed by atoms with E-state index < -0.39 is 29.3 Å². The third-order valence-corrected chi connectivity index (χ3v) is 10.2. The first-order valence-corrected chi connectivity index (χ1v) is 17.8. The number of amides is 1. The summed E-state index contributed by atoms with van der Waals surface area (Å²) in [6.45, 7) is 2.44. The fourth-order valence-corrected chi connectivity index (χ4v) is 7.37. The zero-order valence-corrected chi connectivity index (χ0v) is 28.3. The van der Waals surface area contributed by atoms with Crippen molar-refractivity contribution in [1.82, 2.24) is 10.2 Å². The predicted octanol–water partition coefficient (Wildman–Crippen LogP) is 8.80. The summed E-state index contributed by atoms with van der Waals surface area (Å²) in [5, 5.41) is 5.10. The van der Waals surface area contributed by atoms with Crippen LogP contribution in [0.25, 0.3) is 12.2 Å². The number of halogens is 4. The Labute approximate surface area is 293 Å². The number of Topliss-reactive ketones (excluding diaryl/α,β-unsaturated/α-hetero) is 1. The Bertz CT molecular complexity index is 1800. The van der Waals surface area contributed by atoms with Crippen molar-refractivity contribution in [2.24, 2.45) is 0 Å². The molecular weight excluding hydrogens is 665 g/mol. The predicted molar refractivity (Wildman–Crippen MR) is 188 cm³/mol. The van der Waals surface area contributed by atoms with Crippen molar-refractivity contribution in [2.75, 3.05) is 19.7 Å². The van der Waals surface area contributed by atoms with Gasteiger partial charge in [-0.05, 0) is 128 Å². The van der Waals surface area contributed by atoms with Crippen molar-refractivity contribution in [3.8, 4) is 5.75 Å². The Morgan fingerprint density at radius 2 is 1.52 bits per heavy atom. The van der Waals surface area contributed by atoms with Gasteiger partial charge in [0.25, 0.3) is 5.91 Å². The minimum Gasteiger partial charge on any atom is -0.492 e. The van der Waals surface area contributed by atoms with Crippen LogP contribution < -0.4 is 10.1 Å². The summed E-state index contributed by atoms with van der Waals surface area (Å²) in [4.78, 5) is 30.7. The molecule has 5 nitrogen and oxygen atoms in total. The van der Waals surface area contributed by atoms with Gasteiger partial charge in [-0.3, -0.25) is 14.5 Å². The fourth-order valence-electron chi connectivity index (χ4n) is 6.65. The molecule has 1 aromatic heterocycles. The lowest BCUT2D eigenvalue weighted by Crippen LogP contribution is -2.42. The summed E-state index contributed by atoms with van der Waals surface area (Å²) < 4.78 is 61.0. The summed E-state index contributed by atoms with van der Waals surface area (Å²) in [6.07, 6.45) is 9.05. The number of hydrogen-bond acceptors (Lipinski definition) is 5. The Morgan fingerprint density at radius 1 is 0.860 bits per heavy atom. The molecule has 50 heavy (non-hydrogen) atoms. The number of piperidine rings is 1. The van der Waals surface area contributed by atoms with Gasteiger partial charge in [0.15, 0.2) is 29.1 Å². The number of ether oxygens (including phenoxy) is 1. The van der Waals surface area contributed by atoms with Gasteiger partial charge in [-0.15, -0.1) is 11.3 Å². The van der Waals surface area contributed by atoms with Crippen LogP contribution in [0.4, 0.5) is 17.6 Å². The molecular formula is C40H38F4N2O3S. The Balaban J connectivity index is 1.09. The quantitative estimate of drug-likeness (QED) is 0.125. The van der Waals surface area contributed by atoms with Gasteiger partial charge in [-0.2, -0.15) is 0 Å². The zero-order chi connectivity index (χ0) is 35.0. The molecule has 4 aromatic rings. The fraction of sp³-hybridized carbons (Fsp3) is 0.300. The van der Waals surface area contributed by atoms with E-state index in [-0.39, 0.29) is 46.8 Å². The number of aryl methyl sites for hydroxylation is 1.